The number of amides is 1. The summed E-state index contributed by atoms with van der Waals surface area (Å²) in [5.74, 6) is -0.450. The molecular weight excluding hydrogens is 381 g/mol. The van der Waals surface area contributed by atoms with Crippen molar-refractivity contribution in [3.8, 4) is 0 Å². The van der Waals surface area contributed by atoms with Crippen molar-refractivity contribution < 1.29 is 22.7 Å². The van der Waals surface area contributed by atoms with Crippen molar-refractivity contribution in [3.63, 3.8) is 0 Å². The van der Waals surface area contributed by atoms with Crippen LogP contribution in [-0.2, 0) is 10.9 Å². The second kappa shape index (κ2) is 7.75. The zero-order chi connectivity index (χ0) is 20.4. The van der Waals surface area contributed by atoms with Gasteiger partial charge in [-0.2, -0.15) is 13.2 Å². The number of hydrogen-bond donors (Lipinski definition) is 1. The van der Waals surface area contributed by atoms with Crippen LogP contribution in [0.3, 0.4) is 0 Å². The molecule has 1 aliphatic rings. The van der Waals surface area contributed by atoms with Crippen LogP contribution in [0.15, 0.2) is 60.7 Å². The Morgan fingerprint density at radius 3 is 2.45 bits per heavy atom. The van der Waals surface area contributed by atoms with Gasteiger partial charge in [-0.05, 0) is 35.0 Å². The molecule has 1 heterocycles. The number of fused-ring (bicyclic) bond motifs is 1. The van der Waals surface area contributed by atoms with Crippen molar-refractivity contribution in [1.82, 2.24) is 0 Å². The highest BCUT2D eigenvalue weighted by atomic mass is 19.4. The van der Waals surface area contributed by atoms with Crippen molar-refractivity contribution in [2.45, 2.75) is 6.18 Å². The first-order valence-electron chi connectivity index (χ1n) is 9.26. The van der Waals surface area contributed by atoms with E-state index in [1.807, 2.05) is 30.3 Å². The van der Waals surface area contributed by atoms with Crippen LogP contribution in [-0.4, -0.2) is 32.2 Å². The van der Waals surface area contributed by atoms with Gasteiger partial charge in [-0.25, -0.2) is 0 Å². The lowest BCUT2D eigenvalue weighted by molar-refractivity contribution is -0.137. The molecule has 1 aliphatic heterocycles. The predicted octanol–water partition coefficient (Wildman–Crippen LogP) is 4.95. The number of rotatable bonds is 3. The van der Waals surface area contributed by atoms with Gasteiger partial charge in [0.15, 0.2) is 0 Å². The van der Waals surface area contributed by atoms with E-state index in [4.69, 9.17) is 4.74 Å². The molecule has 3 aromatic carbocycles. The van der Waals surface area contributed by atoms with Gasteiger partial charge in [0.25, 0.3) is 5.91 Å². The third kappa shape index (κ3) is 4.05. The minimum atomic E-state index is -4.53. The molecule has 7 heteroatoms. The van der Waals surface area contributed by atoms with Gasteiger partial charge >= 0.3 is 6.18 Å². The normalized spacial score (nSPS) is 14.8. The maximum atomic E-state index is 13.7. The first kappa shape index (κ1) is 19.3. The molecule has 29 heavy (non-hydrogen) atoms. The van der Waals surface area contributed by atoms with Gasteiger partial charge in [0, 0.05) is 30.0 Å². The summed E-state index contributed by atoms with van der Waals surface area (Å²) in [5.41, 5.74) is -0.153. The molecule has 0 saturated carbocycles. The molecule has 0 aromatic heterocycles. The number of alkyl halides is 3. The van der Waals surface area contributed by atoms with E-state index in [1.165, 1.54) is 12.1 Å². The summed E-state index contributed by atoms with van der Waals surface area (Å²) in [6, 6.07) is 16.6. The van der Waals surface area contributed by atoms with Gasteiger partial charge in [-0.1, -0.05) is 36.4 Å². The molecule has 1 fully saturated rings. The summed E-state index contributed by atoms with van der Waals surface area (Å²) in [6.45, 7) is 1.56. The fraction of sp³-hybridized carbons (Fsp3) is 0.227. The van der Waals surface area contributed by atoms with Crippen LogP contribution in [0, 0.1) is 0 Å². The number of benzene rings is 3. The lowest BCUT2D eigenvalue weighted by Gasteiger charge is -2.31. The number of nitrogens with one attached hydrogen (secondary N) is 1. The SMILES string of the molecule is O=C(Nc1ccc(N2CCOCC2)c(C(F)(F)F)c1)c1cccc2ccccc12. The zero-order valence-corrected chi connectivity index (χ0v) is 15.5. The molecule has 1 amide bonds. The third-order valence-electron chi connectivity index (χ3n) is 4.95. The molecule has 4 rings (SSSR count). The van der Waals surface area contributed by atoms with E-state index in [1.54, 1.807) is 17.0 Å². The van der Waals surface area contributed by atoms with E-state index in [0.717, 1.165) is 16.8 Å². The maximum Gasteiger partial charge on any atom is 0.418 e. The van der Waals surface area contributed by atoms with Gasteiger partial charge in [-0.15, -0.1) is 0 Å². The van der Waals surface area contributed by atoms with Crippen LogP contribution in [0.5, 0.6) is 0 Å². The maximum absolute atomic E-state index is 13.7. The zero-order valence-electron chi connectivity index (χ0n) is 15.5. The highest BCUT2D eigenvalue weighted by Gasteiger charge is 2.35. The Morgan fingerprint density at radius 1 is 0.966 bits per heavy atom. The second-order valence-corrected chi connectivity index (χ2v) is 6.81. The van der Waals surface area contributed by atoms with Crippen molar-refractivity contribution in [1.29, 1.82) is 0 Å². The Kier molecular flexibility index (Phi) is 5.15. The predicted molar refractivity (Wildman–Crippen MR) is 106 cm³/mol. The molecule has 4 nitrogen and oxygen atoms in total. The molecule has 150 valence electrons. The first-order chi connectivity index (χ1) is 13.9. The smallest absolute Gasteiger partial charge is 0.378 e. The molecule has 1 N–H and O–H groups in total. The summed E-state index contributed by atoms with van der Waals surface area (Å²) in [4.78, 5) is 14.4. The number of ether oxygens (including phenoxy) is 1. The largest absolute Gasteiger partial charge is 0.418 e. The molecular formula is C22H19F3N2O2. The van der Waals surface area contributed by atoms with Crippen molar-refractivity contribution in [3.05, 3.63) is 71.8 Å². The first-order valence-corrected chi connectivity index (χ1v) is 9.26. The topological polar surface area (TPSA) is 41.6 Å². The Labute approximate surface area is 165 Å². The van der Waals surface area contributed by atoms with Crippen molar-refractivity contribution in [2.24, 2.45) is 0 Å². The second-order valence-electron chi connectivity index (χ2n) is 6.81. The van der Waals surface area contributed by atoms with E-state index >= 15 is 0 Å². The third-order valence-corrected chi connectivity index (χ3v) is 4.95. The highest BCUT2D eigenvalue weighted by molar-refractivity contribution is 6.13. The molecule has 1 saturated heterocycles. The van der Waals surface area contributed by atoms with E-state index in [-0.39, 0.29) is 11.4 Å². The summed E-state index contributed by atoms with van der Waals surface area (Å²) in [5, 5.41) is 4.24. The van der Waals surface area contributed by atoms with Crippen LogP contribution in [0.4, 0.5) is 24.5 Å². The van der Waals surface area contributed by atoms with Gasteiger partial charge in [-0.3, -0.25) is 4.79 Å². The molecule has 0 unspecified atom stereocenters. The minimum Gasteiger partial charge on any atom is -0.378 e. The number of nitrogens with zero attached hydrogens (tertiary/aromatic N) is 1. The highest BCUT2D eigenvalue weighted by Crippen LogP contribution is 2.38. The molecule has 0 aliphatic carbocycles. The standard InChI is InChI=1S/C22H19F3N2O2/c23-22(24,25)19-14-16(8-9-20(19)27-10-12-29-13-11-27)26-21(28)18-7-3-5-15-4-1-2-6-17(15)18/h1-9,14H,10-13H2,(H,26,28). The van der Waals surface area contributed by atoms with Crippen molar-refractivity contribution in [2.75, 3.05) is 36.5 Å². The molecule has 3 aromatic rings. The number of halogens is 3. The van der Waals surface area contributed by atoms with Gasteiger partial charge in [0.2, 0.25) is 0 Å². The average Bonchev–Trinajstić information content (AvgIpc) is 2.73. The van der Waals surface area contributed by atoms with E-state index < -0.39 is 17.6 Å². The van der Waals surface area contributed by atoms with Crippen LogP contribution in [0.25, 0.3) is 10.8 Å². The van der Waals surface area contributed by atoms with Gasteiger partial charge in [0.1, 0.15) is 0 Å². The Morgan fingerprint density at radius 2 is 1.69 bits per heavy atom. The van der Waals surface area contributed by atoms with Crippen LogP contribution < -0.4 is 10.2 Å². The Hall–Kier alpha value is -3.06. The molecule has 0 atom stereocenters. The number of anilines is 2. The fourth-order valence-corrected chi connectivity index (χ4v) is 3.54. The lowest BCUT2D eigenvalue weighted by Crippen LogP contribution is -2.37. The molecule has 0 spiro atoms. The number of morpholine rings is 1. The minimum absolute atomic E-state index is 0.101. The molecule has 0 radical (unpaired) electrons. The summed E-state index contributed by atoms with van der Waals surface area (Å²) in [6.07, 6.45) is -4.53. The quantitative estimate of drug-likeness (QED) is 0.677. The number of hydrogen-bond acceptors (Lipinski definition) is 3. The number of carbonyl (C=O) groups excluding carboxylic acids is 1. The van der Waals surface area contributed by atoms with E-state index in [9.17, 15) is 18.0 Å². The van der Waals surface area contributed by atoms with E-state index in [2.05, 4.69) is 5.32 Å². The average molecular weight is 400 g/mol. The Bertz CT molecular complexity index is 1040. The van der Waals surface area contributed by atoms with Crippen LogP contribution in [0.2, 0.25) is 0 Å². The van der Waals surface area contributed by atoms with E-state index in [0.29, 0.717) is 31.9 Å². The lowest BCUT2D eigenvalue weighted by atomic mass is 10.0. The van der Waals surface area contributed by atoms with Crippen LogP contribution >= 0.6 is 0 Å². The summed E-state index contributed by atoms with van der Waals surface area (Å²) >= 11 is 0. The van der Waals surface area contributed by atoms with Crippen LogP contribution in [0.1, 0.15) is 15.9 Å². The molecule has 0 bridgehead atoms. The van der Waals surface area contributed by atoms with Crippen molar-refractivity contribution >= 4 is 28.1 Å². The number of carbonyl (C=O) groups is 1. The van der Waals surface area contributed by atoms with Gasteiger partial charge in [0.05, 0.1) is 18.8 Å². The fourth-order valence-electron chi connectivity index (χ4n) is 3.54. The summed E-state index contributed by atoms with van der Waals surface area (Å²) in [7, 11) is 0. The Balaban J connectivity index is 1.65. The summed E-state index contributed by atoms with van der Waals surface area (Å²) < 4.78 is 46.3. The van der Waals surface area contributed by atoms with Gasteiger partial charge < -0.3 is 15.0 Å². The monoisotopic (exact) mass is 400 g/mol.